The lowest BCUT2D eigenvalue weighted by Gasteiger charge is -2.31. The third-order valence-corrected chi connectivity index (χ3v) is 4.51. The summed E-state index contributed by atoms with van der Waals surface area (Å²) in [6, 6.07) is 12.4. The third-order valence-electron chi connectivity index (χ3n) is 4.51. The van der Waals surface area contributed by atoms with Crippen LogP contribution in [0.4, 0.5) is 11.5 Å². The largest absolute Gasteiger partial charge is 0.481 e. The lowest BCUT2D eigenvalue weighted by molar-refractivity contribution is -0.142. The quantitative estimate of drug-likeness (QED) is 0.883. The SMILES string of the molecule is Cc1cccc(CNc2ccc(N3CCC(C(=O)O)CC3)cn2)c1. The Balaban J connectivity index is 1.55. The summed E-state index contributed by atoms with van der Waals surface area (Å²) in [7, 11) is 0. The number of pyridine rings is 1. The van der Waals surface area contributed by atoms with Crippen LogP contribution in [0.15, 0.2) is 42.6 Å². The van der Waals surface area contributed by atoms with Crippen molar-refractivity contribution in [1.82, 2.24) is 4.98 Å². The van der Waals surface area contributed by atoms with Crippen molar-refractivity contribution in [3.8, 4) is 0 Å². The number of aliphatic carboxylic acids is 1. The van der Waals surface area contributed by atoms with E-state index in [0.717, 1.165) is 31.1 Å². The molecule has 3 rings (SSSR count). The van der Waals surface area contributed by atoms with E-state index in [4.69, 9.17) is 5.11 Å². The van der Waals surface area contributed by atoms with E-state index in [1.54, 1.807) is 0 Å². The molecule has 1 aromatic carbocycles. The summed E-state index contributed by atoms with van der Waals surface area (Å²) in [5.74, 6) is -0.0337. The van der Waals surface area contributed by atoms with E-state index in [9.17, 15) is 4.79 Å². The Morgan fingerprint density at radius 1 is 1.29 bits per heavy atom. The lowest BCUT2D eigenvalue weighted by Crippen LogP contribution is -2.36. The van der Waals surface area contributed by atoms with Crippen molar-refractivity contribution in [3.05, 3.63) is 53.7 Å². The van der Waals surface area contributed by atoms with Crippen LogP contribution in [0.3, 0.4) is 0 Å². The molecule has 0 spiro atoms. The maximum atomic E-state index is 11.0. The van der Waals surface area contributed by atoms with E-state index in [1.165, 1.54) is 11.1 Å². The Morgan fingerprint density at radius 2 is 2.08 bits per heavy atom. The Bertz CT molecular complexity index is 692. The first-order chi connectivity index (χ1) is 11.6. The predicted octanol–water partition coefficient (Wildman–Crippen LogP) is 3.30. The summed E-state index contributed by atoms with van der Waals surface area (Å²) < 4.78 is 0. The van der Waals surface area contributed by atoms with Crippen molar-refractivity contribution in [2.45, 2.75) is 26.3 Å². The van der Waals surface area contributed by atoms with Gasteiger partial charge in [-0.2, -0.15) is 0 Å². The highest BCUT2D eigenvalue weighted by Crippen LogP contribution is 2.23. The maximum absolute atomic E-state index is 11.0. The molecule has 5 heteroatoms. The molecule has 1 aromatic heterocycles. The van der Waals surface area contributed by atoms with Gasteiger partial charge in [0, 0.05) is 19.6 Å². The van der Waals surface area contributed by atoms with E-state index >= 15 is 0 Å². The first kappa shape index (κ1) is 16.3. The Kier molecular flexibility index (Phi) is 4.99. The van der Waals surface area contributed by atoms with E-state index in [0.29, 0.717) is 12.8 Å². The first-order valence-electron chi connectivity index (χ1n) is 8.35. The normalized spacial score (nSPS) is 15.3. The van der Waals surface area contributed by atoms with Crippen LogP contribution in [0.25, 0.3) is 0 Å². The molecule has 0 unspecified atom stereocenters. The van der Waals surface area contributed by atoms with Gasteiger partial charge in [-0.15, -0.1) is 0 Å². The standard InChI is InChI=1S/C19H23N3O2/c1-14-3-2-4-15(11-14)12-20-18-6-5-17(13-21-18)22-9-7-16(8-10-22)19(23)24/h2-6,11,13,16H,7-10,12H2,1H3,(H,20,21)(H,23,24). The van der Waals surface area contributed by atoms with Crippen molar-refractivity contribution < 1.29 is 9.90 Å². The maximum Gasteiger partial charge on any atom is 0.306 e. The average molecular weight is 325 g/mol. The third kappa shape index (κ3) is 4.04. The van der Waals surface area contributed by atoms with Crippen LogP contribution >= 0.6 is 0 Å². The van der Waals surface area contributed by atoms with Gasteiger partial charge in [0.05, 0.1) is 17.8 Å². The summed E-state index contributed by atoms with van der Waals surface area (Å²) in [4.78, 5) is 17.7. The number of carboxylic acids is 1. The van der Waals surface area contributed by atoms with E-state index < -0.39 is 5.97 Å². The summed E-state index contributed by atoms with van der Waals surface area (Å²) in [5.41, 5.74) is 3.54. The Morgan fingerprint density at radius 3 is 2.71 bits per heavy atom. The molecule has 24 heavy (non-hydrogen) atoms. The van der Waals surface area contributed by atoms with E-state index in [1.807, 2.05) is 18.3 Å². The molecule has 1 aliphatic heterocycles. The molecule has 126 valence electrons. The molecule has 2 heterocycles. The molecule has 2 N–H and O–H groups in total. The fourth-order valence-electron chi connectivity index (χ4n) is 3.08. The van der Waals surface area contributed by atoms with Gasteiger partial charge in [-0.05, 0) is 37.5 Å². The number of hydrogen-bond acceptors (Lipinski definition) is 4. The molecule has 1 fully saturated rings. The van der Waals surface area contributed by atoms with Crippen LogP contribution in [0.2, 0.25) is 0 Å². The number of anilines is 2. The number of carboxylic acid groups (broad SMARTS) is 1. The van der Waals surface area contributed by atoms with Crippen LogP contribution in [-0.4, -0.2) is 29.1 Å². The van der Waals surface area contributed by atoms with Crippen molar-refractivity contribution in [1.29, 1.82) is 0 Å². The Hall–Kier alpha value is -2.56. The second-order valence-corrected chi connectivity index (χ2v) is 6.34. The number of nitrogens with zero attached hydrogens (tertiary/aromatic N) is 2. The lowest BCUT2D eigenvalue weighted by atomic mass is 9.97. The van der Waals surface area contributed by atoms with Crippen LogP contribution in [-0.2, 0) is 11.3 Å². The summed E-state index contributed by atoms with van der Waals surface area (Å²) >= 11 is 0. The van der Waals surface area contributed by atoms with Crippen molar-refractivity contribution in [2.75, 3.05) is 23.3 Å². The molecule has 0 radical (unpaired) electrons. The van der Waals surface area contributed by atoms with Crippen molar-refractivity contribution in [3.63, 3.8) is 0 Å². The number of hydrogen-bond donors (Lipinski definition) is 2. The molecule has 0 saturated carbocycles. The molecule has 0 atom stereocenters. The number of aryl methyl sites for hydroxylation is 1. The molecule has 2 aromatic rings. The zero-order valence-corrected chi connectivity index (χ0v) is 13.9. The van der Waals surface area contributed by atoms with E-state index in [2.05, 4.69) is 46.4 Å². The van der Waals surface area contributed by atoms with Gasteiger partial charge in [-0.1, -0.05) is 29.8 Å². The van der Waals surface area contributed by atoms with Gasteiger partial charge < -0.3 is 15.3 Å². The summed E-state index contributed by atoms with van der Waals surface area (Å²) in [5, 5.41) is 12.4. The number of nitrogens with one attached hydrogen (secondary N) is 1. The van der Waals surface area contributed by atoms with Gasteiger partial charge in [-0.25, -0.2) is 4.98 Å². The predicted molar refractivity (Wildman–Crippen MR) is 95.3 cm³/mol. The summed E-state index contributed by atoms with van der Waals surface area (Å²) in [6.07, 6.45) is 3.26. The smallest absolute Gasteiger partial charge is 0.306 e. The zero-order valence-electron chi connectivity index (χ0n) is 13.9. The molecule has 0 amide bonds. The highest BCUT2D eigenvalue weighted by Gasteiger charge is 2.24. The van der Waals surface area contributed by atoms with Gasteiger partial charge in [0.15, 0.2) is 0 Å². The minimum Gasteiger partial charge on any atom is -0.481 e. The van der Waals surface area contributed by atoms with Crippen LogP contribution in [0.5, 0.6) is 0 Å². The van der Waals surface area contributed by atoms with E-state index in [-0.39, 0.29) is 5.92 Å². The molecule has 5 nitrogen and oxygen atoms in total. The molecular formula is C19H23N3O2. The van der Waals surface area contributed by atoms with Gasteiger partial charge in [0.2, 0.25) is 0 Å². The number of rotatable bonds is 5. The minimum atomic E-state index is -0.677. The highest BCUT2D eigenvalue weighted by atomic mass is 16.4. The average Bonchev–Trinajstić information content (AvgIpc) is 2.61. The van der Waals surface area contributed by atoms with Crippen molar-refractivity contribution in [2.24, 2.45) is 5.92 Å². The van der Waals surface area contributed by atoms with Crippen molar-refractivity contribution >= 4 is 17.5 Å². The second kappa shape index (κ2) is 7.34. The second-order valence-electron chi connectivity index (χ2n) is 6.34. The monoisotopic (exact) mass is 325 g/mol. The fourth-order valence-corrected chi connectivity index (χ4v) is 3.08. The topological polar surface area (TPSA) is 65.5 Å². The van der Waals surface area contributed by atoms with Crippen LogP contribution in [0, 0.1) is 12.8 Å². The fraction of sp³-hybridized carbons (Fsp3) is 0.368. The first-order valence-corrected chi connectivity index (χ1v) is 8.35. The van der Waals surface area contributed by atoms with Gasteiger partial charge in [0.1, 0.15) is 5.82 Å². The molecular weight excluding hydrogens is 302 g/mol. The molecule has 0 aliphatic carbocycles. The number of benzene rings is 1. The molecule has 0 bridgehead atoms. The minimum absolute atomic E-state index is 0.204. The number of carbonyl (C=O) groups is 1. The highest BCUT2D eigenvalue weighted by molar-refractivity contribution is 5.70. The Labute approximate surface area is 142 Å². The zero-order chi connectivity index (χ0) is 16.9. The molecule has 1 saturated heterocycles. The van der Waals surface area contributed by atoms with Gasteiger partial charge >= 0.3 is 5.97 Å². The molecule has 1 aliphatic rings. The summed E-state index contributed by atoms with van der Waals surface area (Å²) in [6.45, 7) is 4.38. The van der Waals surface area contributed by atoms with Gasteiger partial charge in [-0.3, -0.25) is 4.79 Å². The van der Waals surface area contributed by atoms with Crippen LogP contribution < -0.4 is 10.2 Å². The van der Waals surface area contributed by atoms with Gasteiger partial charge in [0.25, 0.3) is 0 Å². The number of piperidine rings is 1. The van der Waals surface area contributed by atoms with Crippen LogP contribution in [0.1, 0.15) is 24.0 Å². The number of aromatic nitrogens is 1.